The van der Waals surface area contributed by atoms with Crippen LogP contribution in [0.1, 0.15) is 0 Å². The van der Waals surface area contributed by atoms with Gasteiger partial charge in [0, 0.05) is 32.8 Å². The van der Waals surface area contributed by atoms with Crippen LogP contribution in [0.15, 0.2) is 218 Å². The number of hydrogen-bond donors (Lipinski definition) is 0. The third-order valence-corrected chi connectivity index (χ3v) is 11.3. The fraction of sp³-hybridized carbons (Fsp3) is 0. The highest BCUT2D eigenvalue weighted by Gasteiger charge is 2.18. The molecule has 262 valence electrons. The Morgan fingerprint density at radius 2 is 0.661 bits per heavy atom. The van der Waals surface area contributed by atoms with Gasteiger partial charge in [-0.1, -0.05) is 158 Å². The van der Waals surface area contributed by atoms with Crippen molar-refractivity contribution in [3.05, 3.63) is 218 Å². The lowest BCUT2D eigenvalue weighted by molar-refractivity contribution is 1.18. The first-order chi connectivity index (χ1) is 27.8. The van der Waals surface area contributed by atoms with Gasteiger partial charge in [-0.25, -0.2) is 0 Å². The van der Waals surface area contributed by atoms with E-state index in [0.717, 1.165) is 5.69 Å². The molecule has 0 amide bonds. The molecule has 0 saturated heterocycles. The van der Waals surface area contributed by atoms with Gasteiger partial charge in [0.15, 0.2) is 0 Å². The molecule has 0 aliphatic heterocycles. The third-order valence-electron chi connectivity index (χ3n) is 11.3. The first-order valence-corrected chi connectivity index (χ1v) is 19.3. The Morgan fingerprint density at radius 3 is 1.32 bits per heavy atom. The van der Waals surface area contributed by atoms with Crippen molar-refractivity contribution in [2.45, 2.75) is 0 Å². The molecule has 2 heterocycles. The number of nitrogens with zero attached hydrogens (tertiary/aromatic N) is 2. The van der Waals surface area contributed by atoms with Gasteiger partial charge in [-0.3, -0.25) is 0 Å². The Bertz CT molecular complexity index is 3220. The molecular weight excluding hydrogens is 677 g/mol. The summed E-state index contributed by atoms with van der Waals surface area (Å²) < 4.78 is 4.84. The zero-order chi connectivity index (χ0) is 37.0. The van der Waals surface area contributed by atoms with Gasteiger partial charge in [0.25, 0.3) is 0 Å². The number of aromatic nitrogens is 2. The Morgan fingerprint density at radius 1 is 0.232 bits per heavy atom. The van der Waals surface area contributed by atoms with Gasteiger partial charge in [0.2, 0.25) is 0 Å². The van der Waals surface area contributed by atoms with Crippen LogP contribution >= 0.6 is 0 Å². The average molecular weight is 713 g/mol. The van der Waals surface area contributed by atoms with Crippen LogP contribution in [-0.4, -0.2) is 9.13 Å². The van der Waals surface area contributed by atoms with Crippen molar-refractivity contribution in [3.63, 3.8) is 0 Å². The summed E-state index contributed by atoms with van der Waals surface area (Å²) in [5, 5.41) is 4.99. The van der Waals surface area contributed by atoms with Crippen molar-refractivity contribution in [1.82, 2.24) is 9.13 Å². The Kier molecular flexibility index (Phi) is 7.53. The lowest BCUT2D eigenvalue weighted by Crippen LogP contribution is -1.97. The van der Waals surface area contributed by atoms with E-state index in [4.69, 9.17) is 0 Å². The quantitative estimate of drug-likeness (QED) is 0.162. The standard InChI is InChI=1S/C54H36N2/c1-3-14-37(15-4-1)39-26-30-44(31-27-39)55-51-24-11-8-21-46(51)48-35-41(28-32-53(48)55)42-29-33-54-49(36-42)47-22-9-12-25-52(47)56(54)50-23-10-7-20-45(50)43-19-13-18-40(34-43)38-16-5-2-6-17-38/h1-36H. The van der Waals surface area contributed by atoms with Crippen LogP contribution in [0.25, 0.3) is 99.5 Å². The molecule has 0 fully saturated rings. The topological polar surface area (TPSA) is 9.86 Å². The molecule has 0 aliphatic carbocycles. The van der Waals surface area contributed by atoms with Crippen molar-refractivity contribution in [1.29, 1.82) is 0 Å². The van der Waals surface area contributed by atoms with E-state index in [0.29, 0.717) is 0 Å². The molecular formula is C54H36N2. The molecule has 2 aromatic heterocycles. The maximum absolute atomic E-state index is 2.44. The third kappa shape index (κ3) is 5.26. The van der Waals surface area contributed by atoms with Gasteiger partial charge >= 0.3 is 0 Å². The second-order valence-electron chi connectivity index (χ2n) is 14.5. The minimum Gasteiger partial charge on any atom is -0.309 e. The van der Waals surface area contributed by atoms with Crippen LogP contribution in [-0.2, 0) is 0 Å². The Balaban J connectivity index is 1.03. The smallest absolute Gasteiger partial charge is 0.0541 e. The van der Waals surface area contributed by atoms with Crippen molar-refractivity contribution in [2.75, 3.05) is 0 Å². The highest BCUT2D eigenvalue weighted by Crippen LogP contribution is 2.40. The summed E-state index contributed by atoms with van der Waals surface area (Å²) in [5.74, 6) is 0. The molecule has 2 heteroatoms. The van der Waals surface area contributed by atoms with E-state index in [1.807, 2.05) is 0 Å². The lowest BCUT2D eigenvalue weighted by atomic mass is 9.98. The first-order valence-electron chi connectivity index (χ1n) is 19.3. The van der Waals surface area contributed by atoms with E-state index >= 15 is 0 Å². The van der Waals surface area contributed by atoms with E-state index < -0.39 is 0 Å². The van der Waals surface area contributed by atoms with E-state index in [1.54, 1.807) is 0 Å². The monoisotopic (exact) mass is 712 g/mol. The number of rotatable bonds is 6. The maximum atomic E-state index is 2.44. The highest BCUT2D eigenvalue weighted by molar-refractivity contribution is 6.13. The molecule has 0 spiro atoms. The molecule has 0 radical (unpaired) electrons. The molecule has 11 rings (SSSR count). The molecule has 0 unspecified atom stereocenters. The lowest BCUT2D eigenvalue weighted by Gasteiger charge is -2.15. The van der Waals surface area contributed by atoms with Gasteiger partial charge in [-0.05, 0) is 99.6 Å². The maximum Gasteiger partial charge on any atom is 0.0541 e. The normalized spacial score (nSPS) is 11.6. The number of fused-ring (bicyclic) bond motifs is 6. The van der Waals surface area contributed by atoms with Crippen LogP contribution in [0.5, 0.6) is 0 Å². The zero-order valence-electron chi connectivity index (χ0n) is 30.7. The predicted octanol–water partition coefficient (Wildman–Crippen LogP) is 14.5. The summed E-state index contributed by atoms with van der Waals surface area (Å²) >= 11 is 0. The molecule has 0 saturated carbocycles. The molecule has 0 aliphatic rings. The van der Waals surface area contributed by atoms with Crippen molar-refractivity contribution in [2.24, 2.45) is 0 Å². The predicted molar refractivity (Wildman–Crippen MR) is 237 cm³/mol. The average Bonchev–Trinajstić information content (AvgIpc) is 3.79. The summed E-state index contributed by atoms with van der Waals surface area (Å²) in [5.41, 5.74) is 16.8. The van der Waals surface area contributed by atoms with Crippen LogP contribution in [0.3, 0.4) is 0 Å². The van der Waals surface area contributed by atoms with Crippen LogP contribution < -0.4 is 0 Å². The summed E-state index contributed by atoms with van der Waals surface area (Å²) in [4.78, 5) is 0. The Hall–Kier alpha value is -7.42. The van der Waals surface area contributed by atoms with Crippen molar-refractivity contribution in [3.8, 4) is 55.9 Å². The SMILES string of the molecule is c1ccc(-c2ccc(-n3c4ccccc4c4cc(-c5ccc6c(c5)c5ccccc5n6-c5ccccc5-c5cccc(-c6ccccc6)c5)ccc43)cc2)cc1. The van der Waals surface area contributed by atoms with E-state index in [2.05, 4.69) is 228 Å². The van der Waals surface area contributed by atoms with Gasteiger partial charge in [-0.15, -0.1) is 0 Å². The molecule has 0 bridgehead atoms. The molecule has 0 N–H and O–H groups in total. The second kappa shape index (κ2) is 13.2. The van der Waals surface area contributed by atoms with Crippen LogP contribution in [0, 0.1) is 0 Å². The van der Waals surface area contributed by atoms with Gasteiger partial charge < -0.3 is 9.13 Å². The largest absolute Gasteiger partial charge is 0.309 e. The fourth-order valence-corrected chi connectivity index (χ4v) is 8.69. The summed E-state index contributed by atoms with van der Waals surface area (Å²) in [7, 11) is 0. The van der Waals surface area contributed by atoms with Gasteiger partial charge in [-0.2, -0.15) is 0 Å². The highest BCUT2D eigenvalue weighted by atomic mass is 15.0. The molecule has 56 heavy (non-hydrogen) atoms. The zero-order valence-corrected chi connectivity index (χ0v) is 30.7. The minimum absolute atomic E-state index is 1.16. The molecule has 0 atom stereocenters. The molecule has 11 aromatic rings. The Labute approximate surface area is 325 Å². The second-order valence-corrected chi connectivity index (χ2v) is 14.5. The minimum atomic E-state index is 1.16. The first kappa shape index (κ1) is 32.0. The van der Waals surface area contributed by atoms with Crippen molar-refractivity contribution < 1.29 is 0 Å². The van der Waals surface area contributed by atoms with Gasteiger partial charge in [0.05, 0.1) is 27.8 Å². The van der Waals surface area contributed by atoms with Crippen molar-refractivity contribution >= 4 is 43.6 Å². The van der Waals surface area contributed by atoms with Crippen LogP contribution in [0.4, 0.5) is 0 Å². The summed E-state index contributed by atoms with van der Waals surface area (Å²) in [6, 6.07) is 79.4. The van der Waals surface area contributed by atoms with E-state index in [9.17, 15) is 0 Å². The van der Waals surface area contributed by atoms with E-state index in [1.165, 1.54) is 93.8 Å². The fourth-order valence-electron chi connectivity index (χ4n) is 8.69. The molecule has 2 nitrogen and oxygen atoms in total. The number of para-hydroxylation sites is 3. The van der Waals surface area contributed by atoms with Crippen LogP contribution in [0.2, 0.25) is 0 Å². The summed E-state index contributed by atoms with van der Waals surface area (Å²) in [6.07, 6.45) is 0. The van der Waals surface area contributed by atoms with E-state index in [-0.39, 0.29) is 0 Å². The number of benzene rings is 9. The molecule has 9 aromatic carbocycles. The summed E-state index contributed by atoms with van der Waals surface area (Å²) in [6.45, 7) is 0. The number of hydrogen-bond acceptors (Lipinski definition) is 0. The van der Waals surface area contributed by atoms with Gasteiger partial charge in [0.1, 0.15) is 0 Å².